The normalized spacial score (nSPS) is 16.7. The molecule has 0 unspecified atom stereocenters. The molecule has 2 N–H and O–H groups in total. The second kappa shape index (κ2) is 7.79. The van der Waals surface area contributed by atoms with Gasteiger partial charge in [0.2, 0.25) is 5.95 Å². The highest BCUT2D eigenvalue weighted by Crippen LogP contribution is 2.35. The van der Waals surface area contributed by atoms with E-state index >= 15 is 0 Å². The van der Waals surface area contributed by atoms with E-state index in [1.807, 2.05) is 35.2 Å². The molecule has 0 saturated carbocycles. The zero-order valence-electron chi connectivity index (χ0n) is 17.5. The van der Waals surface area contributed by atoms with Crippen LogP contribution in [-0.2, 0) is 6.42 Å². The maximum Gasteiger partial charge on any atom is 0.226 e. The summed E-state index contributed by atoms with van der Waals surface area (Å²) >= 11 is 0. The Balaban J connectivity index is 1.38. The molecule has 5 aromatic rings. The topological polar surface area (TPSA) is 95.2 Å². The van der Waals surface area contributed by atoms with E-state index in [1.54, 1.807) is 37.1 Å². The molecule has 2 atom stereocenters. The van der Waals surface area contributed by atoms with Gasteiger partial charge in [0.1, 0.15) is 23.5 Å². The van der Waals surface area contributed by atoms with E-state index in [0.29, 0.717) is 29.3 Å². The molecule has 0 spiro atoms. The number of halogens is 1. The second-order valence-electron chi connectivity index (χ2n) is 8.00. The summed E-state index contributed by atoms with van der Waals surface area (Å²) in [5.74, 6) is 0.159. The van der Waals surface area contributed by atoms with Gasteiger partial charge in [-0.25, -0.2) is 23.9 Å². The van der Waals surface area contributed by atoms with E-state index in [0.717, 1.165) is 23.4 Å². The lowest BCUT2D eigenvalue weighted by atomic mass is 10.00. The number of nitrogens with one attached hydrogen (secondary N) is 1. The van der Waals surface area contributed by atoms with Gasteiger partial charge in [-0.3, -0.25) is 0 Å². The minimum Gasteiger partial charge on any atom is -0.384 e. The van der Waals surface area contributed by atoms with Crippen LogP contribution in [0.25, 0.3) is 5.52 Å². The third kappa shape index (κ3) is 3.33. The molecular formula is C24H20FN7O. The first kappa shape index (κ1) is 19.6. The Morgan fingerprint density at radius 3 is 2.64 bits per heavy atom. The standard InChI is InChI=1S/C24H20FN7O/c25-17-7-4-9-32-20(17)11-19(30-32)22-21-18(28-14-29-21)8-10-31(22)24-26-12-16(13-27-24)23(33)15-5-2-1-3-6-15/h1-7,9,11-14,22-23,33H,8,10H2,(H,28,29)/t22-,23-/m1/s1. The summed E-state index contributed by atoms with van der Waals surface area (Å²) in [5, 5.41) is 15.3. The van der Waals surface area contributed by atoms with Crippen LogP contribution < -0.4 is 4.90 Å². The summed E-state index contributed by atoms with van der Waals surface area (Å²) in [7, 11) is 0. The number of hydrogen-bond donors (Lipinski definition) is 2. The predicted molar refractivity (Wildman–Crippen MR) is 119 cm³/mol. The Labute approximate surface area is 188 Å². The number of anilines is 1. The molecule has 0 amide bonds. The largest absolute Gasteiger partial charge is 0.384 e. The minimum atomic E-state index is -0.809. The Morgan fingerprint density at radius 2 is 1.85 bits per heavy atom. The summed E-state index contributed by atoms with van der Waals surface area (Å²) in [6.07, 6.45) is 6.59. The van der Waals surface area contributed by atoms with Crippen molar-refractivity contribution in [2.45, 2.75) is 18.6 Å². The zero-order valence-corrected chi connectivity index (χ0v) is 17.5. The number of aliphatic hydroxyl groups excluding tert-OH is 1. The number of pyridine rings is 1. The van der Waals surface area contributed by atoms with Crippen LogP contribution in [0.2, 0.25) is 0 Å². The Morgan fingerprint density at radius 1 is 1.03 bits per heavy atom. The highest BCUT2D eigenvalue weighted by molar-refractivity contribution is 5.53. The van der Waals surface area contributed by atoms with Gasteiger partial charge in [-0.05, 0) is 23.8 Å². The molecule has 6 rings (SSSR count). The predicted octanol–water partition coefficient (Wildman–Crippen LogP) is 3.22. The van der Waals surface area contributed by atoms with Crippen molar-refractivity contribution in [3.8, 4) is 0 Å². The minimum absolute atomic E-state index is 0.337. The summed E-state index contributed by atoms with van der Waals surface area (Å²) in [5.41, 5.74) is 4.28. The van der Waals surface area contributed by atoms with Crippen LogP contribution in [0.1, 0.15) is 40.4 Å². The van der Waals surface area contributed by atoms with Gasteiger partial charge in [0.05, 0.1) is 17.7 Å². The van der Waals surface area contributed by atoms with Crippen molar-refractivity contribution >= 4 is 11.5 Å². The SMILES string of the molecule is O[C@H](c1ccccc1)c1cnc(N2CCc3[nH]cnc3[C@H]2c2cc3c(F)cccn3n2)nc1. The van der Waals surface area contributed by atoms with Crippen LogP contribution in [0, 0.1) is 5.82 Å². The number of hydrogen-bond acceptors (Lipinski definition) is 6. The van der Waals surface area contributed by atoms with E-state index in [4.69, 9.17) is 0 Å². The third-order valence-corrected chi connectivity index (χ3v) is 6.02. The number of aromatic nitrogens is 6. The van der Waals surface area contributed by atoms with Crippen molar-refractivity contribution in [2.24, 2.45) is 0 Å². The monoisotopic (exact) mass is 441 g/mol. The highest BCUT2D eigenvalue weighted by atomic mass is 19.1. The fourth-order valence-electron chi connectivity index (χ4n) is 4.37. The average Bonchev–Trinajstić information content (AvgIpc) is 3.51. The third-order valence-electron chi connectivity index (χ3n) is 6.02. The van der Waals surface area contributed by atoms with E-state index in [-0.39, 0.29) is 11.9 Å². The molecular weight excluding hydrogens is 421 g/mol. The highest BCUT2D eigenvalue weighted by Gasteiger charge is 2.34. The first-order chi connectivity index (χ1) is 16.2. The molecule has 0 fully saturated rings. The number of rotatable bonds is 4. The zero-order chi connectivity index (χ0) is 22.4. The van der Waals surface area contributed by atoms with Gasteiger partial charge in [0, 0.05) is 42.8 Å². The van der Waals surface area contributed by atoms with Crippen molar-refractivity contribution in [3.05, 3.63) is 107 Å². The molecule has 1 aliphatic heterocycles. The van der Waals surface area contributed by atoms with Gasteiger partial charge in [-0.15, -0.1) is 0 Å². The lowest BCUT2D eigenvalue weighted by Crippen LogP contribution is -2.37. The smallest absolute Gasteiger partial charge is 0.226 e. The molecule has 0 radical (unpaired) electrons. The first-order valence-corrected chi connectivity index (χ1v) is 10.7. The maximum atomic E-state index is 14.3. The van der Waals surface area contributed by atoms with E-state index in [1.165, 1.54) is 10.6 Å². The molecule has 5 heterocycles. The number of benzene rings is 1. The number of aromatic amines is 1. The van der Waals surface area contributed by atoms with Crippen LogP contribution >= 0.6 is 0 Å². The number of fused-ring (bicyclic) bond motifs is 2. The van der Waals surface area contributed by atoms with Crippen LogP contribution in [0.4, 0.5) is 10.3 Å². The van der Waals surface area contributed by atoms with Crippen LogP contribution in [0.3, 0.4) is 0 Å². The van der Waals surface area contributed by atoms with Crippen molar-refractivity contribution in [2.75, 3.05) is 11.4 Å². The van der Waals surface area contributed by atoms with E-state index < -0.39 is 6.10 Å². The number of imidazole rings is 1. The summed E-state index contributed by atoms with van der Waals surface area (Å²) in [6, 6.07) is 13.8. The fraction of sp³-hybridized carbons (Fsp3) is 0.167. The summed E-state index contributed by atoms with van der Waals surface area (Å²) in [4.78, 5) is 18.9. The van der Waals surface area contributed by atoms with Crippen LogP contribution in [0.15, 0.2) is 73.4 Å². The quantitative estimate of drug-likeness (QED) is 0.445. The van der Waals surface area contributed by atoms with Crippen molar-refractivity contribution in [3.63, 3.8) is 0 Å². The van der Waals surface area contributed by atoms with Crippen molar-refractivity contribution in [1.29, 1.82) is 0 Å². The molecule has 0 saturated heterocycles. The van der Waals surface area contributed by atoms with Crippen molar-refractivity contribution < 1.29 is 9.50 Å². The molecule has 0 bridgehead atoms. The molecule has 8 nitrogen and oxygen atoms in total. The molecule has 1 aromatic carbocycles. The van der Waals surface area contributed by atoms with Crippen LogP contribution in [0.5, 0.6) is 0 Å². The van der Waals surface area contributed by atoms with Gasteiger partial charge in [0.15, 0.2) is 0 Å². The Kier molecular flexibility index (Phi) is 4.62. The molecule has 1 aliphatic rings. The fourth-order valence-corrected chi connectivity index (χ4v) is 4.37. The maximum absolute atomic E-state index is 14.3. The molecule has 9 heteroatoms. The lowest BCUT2D eigenvalue weighted by molar-refractivity contribution is 0.219. The number of nitrogens with zero attached hydrogens (tertiary/aromatic N) is 6. The first-order valence-electron chi connectivity index (χ1n) is 10.7. The lowest BCUT2D eigenvalue weighted by Gasteiger charge is -2.34. The summed E-state index contributed by atoms with van der Waals surface area (Å²) in [6.45, 7) is 0.636. The van der Waals surface area contributed by atoms with Gasteiger partial charge in [-0.2, -0.15) is 5.10 Å². The molecule has 33 heavy (non-hydrogen) atoms. The number of aliphatic hydroxyl groups is 1. The molecule has 0 aliphatic carbocycles. The average molecular weight is 441 g/mol. The van der Waals surface area contributed by atoms with Gasteiger partial charge < -0.3 is 15.0 Å². The summed E-state index contributed by atoms with van der Waals surface area (Å²) < 4.78 is 15.9. The number of H-pyrrole nitrogens is 1. The molecule has 164 valence electrons. The van der Waals surface area contributed by atoms with E-state index in [9.17, 15) is 9.50 Å². The Bertz CT molecular complexity index is 1410. The van der Waals surface area contributed by atoms with Crippen LogP contribution in [-0.4, -0.2) is 41.2 Å². The van der Waals surface area contributed by atoms with Gasteiger partial charge in [-0.1, -0.05) is 30.3 Å². The molecule has 4 aromatic heterocycles. The van der Waals surface area contributed by atoms with E-state index in [2.05, 4.69) is 25.0 Å². The Hall–Kier alpha value is -4.11. The van der Waals surface area contributed by atoms with Crippen molar-refractivity contribution in [1.82, 2.24) is 29.5 Å². The van der Waals surface area contributed by atoms with Gasteiger partial charge in [0.25, 0.3) is 0 Å². The van der Waals surface area contributed by atoms with Gasteiger partial charge >= 0.3 is 0 Å². The second-order valence-corrected chi connectivity index (χ2v) is 8.00.